The summed E-state index contributed by atoms with van der Waals surface area (Å²) < 4.78 is 5.18. The van der Waals surface area contributed by atoms with Gasteiger partial charge in [0.2, 0.25) is 5.91 Å². The zero-order valence-corrected chi connectivity index (χ0v) is 12.6. The molecule has 1 aliphatic heterocycles. The lowest BCUT2D eigenvalue weighted by atomic mass is 9.98. The lowest BCUT2D eigenvalue weighted by molar-refractivity contribution is -0.125. The number of nitrogens with one attached hydrogen (secondary N) is 2. The van der Waals surface area contributed by atoms with E-state index in [0.29, 0.717) is 13.0 Å². The highest BCUT2D eigenvalue weighted by Crippen LogP contribution is 2.20. The minimum absolute atomic E-state index is 0.0635. The van der Waals surface area contributed by atoms with Crippen LogP contribution in [0.15, 0.2) is 54.6 Å². The van der Waals surface area contributed by atoms with E-state index < -0.39 is 0 Å². The number of benzene rings is 2. The van der Waals surface area contributed by atoms with Gasteiger partial charge in [-0.1, -0.05) is 42.5 Å². The van der Waals surface area contributed by atoms with Gasteiger partial charge in [-0.2, -0.15) is 0 Å². The molecule has 1 amide bonds. The van der Waals surface area contributed by atoms with Gasteiger partial charge in [-0.25, -0.2) is 0 Å². The number of piperazine rings is 1. The molecule has 114 valence electrons. The Balaban J connectivity index is 1.71. The molecule has 2 atom stereocenters. The van der Waals surface area contributed by atoms with E-state index in [1.54, 1.807) is 7.11 Å². The average Bonchev–Trinajstić information content (AvgIpc) is 2.58. The van der Waals surface area contributed by atoms with Gasteiger partial charge in [-0.3, -0.25) is 10.1 Å². The Bertz CT molecular complexity index is 625. The Morgan fingerprint density at radius 3 is 2.50 bits per heavy atom. The quantitative estimate of drug-likeness (QED) is 0.908. The highest BCUT2D eigenvalue weighted by Gasteiger charge is 2.28. The SMILES string of the molecule is COc1ccc([C@@H]2CNC(=O)[C@H](Cc3ccccc3)N2)cc1. The number of hydrogen-bond donors (Lipinski definition) is 2. The highest BCUT2D eigenvalue weighted by molar-refractivity contribution is 5.83. The predicted molar refractivity (Wildman–Crippen MR) is 85.8 cm³/mol. The van der Waals surface area contributed by atoms with E-state index >= 15 is 0 Å². The highest BCUT2D eigenvalue weighted by atomic mass is 16.5. The van der Waals surface area contributed by atoms with Gasteiger partial charge in [0.05, 0.1) is 19.2 Å². The number of ether oxygens (including phenoxy) is 1. The van der Waals surface area contributed by atoms with Gasteiger partial charge in [0.25, 0.3) is 0 Å². The maximum absolute atomic E-state index is 12.1. The Hall–Kier alpha value is -2.33. The van der Waals surface area contributed by atoms with Crippen molar-refractivity contribution in [3.8, 4) is 5.75 Å². The van der Waals surface area contributed by atoms with Crippen LogP contribution in [0.3, 0.4) is 0 Å². The maximum atomic E-state index is 12.1. The van der Waals surface area contributed by atoms with Gasteiger partial charge >= 0.3 is 0 Å². The van der Waals surface area contributed by atoms with Gasteiger partial charge in [0, 0.05) is 6.54 Å². The van der Waals surface area contributed by atoms with Crippen molar-refractivity contribution < 1.29 is 9.53 Å². The third kappa shape index (κ3) is 3.28. The fraction of sp³-hybridized carbons (Fsp3) is 0.278. The molecule has 4 nitrogen and oxygen atoms in total. The molecule has 2 aromatic rings. The van der Waals surface area contributed by atoms with Crippen LogP contribution in [-0.2, 0) is 11.2 Å². The minimum Gasteiger partial charge on any atom is -0.497 e. The van der Waals surface area contributed by atoms with E-state index in [4.69, 9.17) is 4.74 Å². The molecule has 0 radical (unpaired) electrons. The molecule has 2 N–H and O–H groups in total. The molecule has 22 heavy (non-hydrogen) atoms. The number of carbonyl (C=O) groups is 1. The van der Waals surface area contributed by atoms with Crippen LogP contribution < -0.4 is 15.4 Å². The monoisotopic (exact) mass is 296 g/mol. The molecule has 1 saturated heterocycles. The third-order valence-electron chi connectivity index (χ3n) is 4.00. The average molecular weight is 296 g/mol. The largest absolute Gasteiger partial charge is 0.497 e. The number of methoxy groups -OCH3 is 1. The van der Waals surface area contributed by atoms with E-state index in [1.165, 1.54) is 0 Å². The van der Waals surface area contributed by atoms with Gasteiger partial charge in [0.1, 0.15) is 5.75 Å². The van der Waals surface area contributed by atoms with Gasteiger partial charge in [0.15, 0.2) is 0 Å². The number of hydrogen-bond acceptors (Lipinski definition) is 3. The summed E-state index contributed by atoms with van der Waals surface area (Å²) in [5.41, 5.74) is 2.31. The van der Waals surface area contributed by atoms with Crippen molar-refractivity contribution in [1.82, 2.24) is 10.6 Å². The Morgan fingerprint density at radius 1 is 1.09 bits per heavy atom. The number of amides is 1. The van der Waals surface area contributed by atoms with Crippen molar-refractivity contribution in [2.24, 2.45) is 0 Å². The molecule has 0 bridgehead atoms. The minimum atomic E-state index is -0.205. The standard InChI is InChI=1S/C18H20N2O2/c1-22-15-9-7-14(8-10-15)17-12-19-18(21)16(20-17)11-13-5-3-2-4-6-13/h2-10,16-17,20H,11-12H2,1H3,(H,19,21)/t16-,17-/m0/s1. The second kappa shape index (κ2) is 6.62. The molecule has 0 aromatic heterocycles. The molecule has 0 spiro atoms. The van der Waals surface area contributed by atoms with Crippen LogP contribution in [0.25, 0.3) is 0 Å². The smallest absolute Gasteiger partial charge is 0.237 e. The summed E-state index contributed by atoms with van der Waals surface area (Å²) in [5.74, 6) is 0.901. The van der Waals surface area contributed by atoms with Crippen molar-refractivity contribution >= 4 is 5.91 Å². The molecule has 4 heteroatoms. The summed E-state index contributed by atoms with van der Waals surface area (Å²) in [7, 11) is 1.66. The summed E-state index contributed by atoms with van der Waals surface area (Å²) in [5, 5.41) is 6.45. The molecular formula is C18H20N2O2. The zero-order chi connectivity index (χ0) is 15.4. The molecule has 1 aliphatic rings. The summed E-state index contributed by atoms with van der Waals surface area (Å²) in [6, 6.07) is 17.9. The Kier molecular flexibility index (Phi) is 4.39. The van der Waals surface area contributed by atoms with Crippen LogP contribution >= 0.6 is 0 Å². The molecule has 0 saturated carbocycles. The summed E-state index contributed by atoms with van der Waals surface area (Å²) >= 11 is 0. The first kappa shape index (κ1) is 14.6. The van der Waals surface area contributed by atoms with Crippen LogP contribution in [0.1, 0.15) is 17.2 Å². The van der Waals surface area contributed by atoms with Crippen molar-refractivity contribution in [3.63, 3.8) is 0 Å². The lowest BCUT2D eigenvalue weighted by Crippen LogP contribution is -2.55. The number of carbonyl (C=O) groups excluding carboxylic acids is 1. The fourth-order valence-corrected chi connectivity index (χ4v) is 2.76. The topological polar surface area (TPSA) is 50.4 Å². The number of rotatable bonds is 4. The molecule has 1 heterocycles. The third-order valence-corrected chi connectivity index (χ3v) is 4.00. The summed E-state index contributed by atoms with van der Waals surface area (Å²) in [6.45, 7) is 0.608. The normalized spacial score (nSPS) is 21.2. The van der Waals surface area contributed by atoms with Crippen LogP contribution in [0.5, 0.6) is 5.75 Å². The van der Waals surface area contributed by atoms with Crippen LogP contribution in [0.4, 0.5) is 0 Å². The maximum Gasteiger partial charge on any atom is 0.237 e. The molecule has 3 rings (SSSR count). The van der Waals surface area contributed by atoms with Crippen LogP contribution in [0.2, 0.25) is 0 Å². The molecule has 2 aromatic carbocycles. The van der Waals surface area contributed by atoms with Crippen molar-refractivity contribution in [1.29, 1.82) is 0 Å². The van der Waals surface area contributed by atoms with E-state index in [9.17, 15) is 4.79 Å². The first-order valence-electron chi connectivity index (χ1n) is 7.48. The Morgan fingerprint density at radius 2 is 1.82 bits per heavy atom. The fourth-order valence-electron chi connectivity index (χ4n) is 2.76. The Labute approximate surface area is 130 Å². The second-order valence-electron chi connectivity index (χ2n) is 5.48. The molecule has 0 aliphatic carbocycles. The van der Waals surface area contributed by atoms with E-state index in [-0.39, 0.29) is 18.0 Å². The van der Waals surface area contributed by atoms with Gasteiger partial charge in [-0.05, 0) is 29.7 Å². The molecule has 1 fully saturated rings. The second-order valence-corrected chi connectivity index (χ2v) is 5.48. The zero-order valence-electron chi connectivity index (χ0n) is 12.6. The first-order valence-corrected chi connectivity index (χ1v) is 7.48. The van der Waals surface area contributed by atoms with Crippen molar-refractivity contribution in [2.45, 2.75) is 18.5 Å². The van der Waals surface area contributed by atoms with Crippen LogP contribution in [0, 0.1) is 0 Å². The van der Waals surface area contributed by atoms with Crippen molar-refractivity contribution in [2.75, 3.05) is 13.7 Å². The van der Waals surface area contributed by atoms with E-state index in [2.05, 4.69) is 10.6 Å². The first-order chi connectivity index (χ1) is 10.8. The van der Waals surface area contributed by atoms with Crippen molar-refractivity contribution in [3.05, 3.63) is 65.7 Å². The van der Waals surface area contributed by atoms with Gasteiger partial charge in [-0.15, -0.1) is 0 Å². The van der Waals surface area contributed by atoms with Crippen LogP contribution in [-0.4, -0.2) is 25.6 Å². The van der Waals surface area contributed by atoms with E-state index in [1.807, 2.05) is 54.6 Å². The predicted octanol–water partition coefficient (Wildman–Crippen LogP) is 2.07. The molecule has 0 unspecified atom stereocenters. The van der Waals surface area contributed by atoms with Gasteiger partial charge < -0.3 is 10.1 Å². The lowest BCUT2D eigenvalue weighted by Gasteiger charge is -2.31. The summed E-state index contributed by atoms with van der Waals surface area (Å²) in [6.07, 6.45) is 0.694. The summed E-state index contributed by atoms with van der Waals surface area (Å²) in [4.78, 5) is 12.1. The van der Waals surface area contributed by atoms with E-state index in [0.717, 1.165) is 16.9 Å². The molecular weight excluding hydrogens is 276 g/mol.